The Labute approximate surface area is 368 Å². The van der Waals surface area contributed by atoms with Crippen LogP contribution in [0.25, 0.3) is 0 Å². The quantitative estimate of drug-likeness (QED) is 0.155. The van der Waals surface area contributed by atoms with Crippen molar-refractivity contribution < 1.29 is 95.2 Å². The van der Waals surface area contributed by atoms with E-state index in [2.05, 4.69) is 5.32 Å². The van der Waals surface area contributed by atoms with Crippen molar-refractivity contribution in [3.05, 3.63) is 71.8 Å². The van der Waals surface area contributed by atoms with Gasteiger partial charge in [-0.3, -0.25) is 33.6 Å². The van der Waals surface area contributed by atoms with E-state index in [0.717, 1.165) is 48.7 Å². The van der Waals surface area contributed by atoms with Gasteiger partial charge in [0.15, 0.2) is 18.3 Å². The van der Waals surface area contributed by atoms with Gasteiger partial charge in [0, 0.05) is 48.5 Å². The van der Waals surface area contributed by atoms with Crippen LogP contribution in [-0.4, -0.2) is 135 Å². The summed E-state index contributed by atoms with van der Waals surface area (Å²) in [6, 6.07) is 16.6. The number of ether oxygens (including phenoxy) is 12. The molecule has 0 aromatic heterocycles. The molecule has 0 aliphatic carbocycles. The maximum absolute atomic E-state index is 14.4. The first-order valence-electron chi connectivity index (χ1n) is 20.0. The molecule has 1 N–H and O–H groups in total. The number of methoxy groups -OCH3 is 1. The average Bonchev–Trinajstić information content (AvgIpc) is 3.22. The molecule has 2 aliphatic rings. The minimum atomic E-state index is -3.05. The van der Waals surface area contributed by atoms with Gasteiger partial charge in [-0.15, -0.1) is 0 Å². The largest absolute Gasteiger partial charge is 0.465 e. The van der Waals surface area contributed by atoms with Crippen LogP contribution in [0.1, 0.15) is 59.6 Å². The first kappa shape index (κ1) is 50.6. The lowest BCUT2D eigenvalue weighted by atomic mass is 9.88. The van der Waals surface area contributed by atoms with Gasteiger partial charge in [0.2, 0.25) is 18.3 Å². The van der Waals surface area contributed by atoms with Crippen molar-refractivity contribution in [2.75, 3.05) is 20.3 Å². The number of carbonyl (C=O) groups excluding carboxylic acids is 8. The third-order valence-electron chi connectivity index (χ3n) is 9.46. The van der Waals surface area contributed by atoms with Crippen LogP contribution in [0, 0.1) is 0 Å². The molecule has 2 aliphatic heterocycles. The van der Waals surface area contributed by atoms with Gasteiger partial charge in [0.1, 0.15) is 37.1 Å². The van der Waals surface area contributed by atoms with Crippen molar-refractivity contribution in [3.63, 3.8) is 0 Å². The maximum Gasteiger partial charge on any atom is 0.370 e. The van der Waals surface area contributed by atoms with Crippen LogP contribution in [0.2, 0.25) is 0 Å². The summed E-state index contributed by atoms with van der Waals surface area (Å²) in [7, 11) is 0.920. The van der Waals surface area contributed by atoms with Crippen LogP contribution in [-0.2, 0) is 108 Å². The van der Waals surface area contributed by atoms with Gasteiger partial charge in [-0.05, 0) is 11.1 Å². The molecule has 0 saturated carbocycles. The number of carbonyl (C=O) groups is 8. The molecule has 2 aromatic carbocycles. The predicted octanol–water partition coefficient (Wildman–Crippen LogP) is 1.52. The molecular formula is C43H53NO20. The van der Waals surface area contributed by atoms with E-state index in [1.54, 1.807) is 60.7 Å². The van der Waals surface area contributed by atoms with Crippen molar-refractivity contribution in [1.29, 1.82) is 0 Å². The van der Waals surface area contributed by atoms with Crippen LogP contribution in [0.3, 0.4) is 0 Å². The number of rotatable bonds is 19. The Hall–Kier alpha value is -6.00. The molecule has 0 spiro atoms. The van der Waals surface area contributed by atoms with Crippen molar-refractivity contribution in [2.24, 2.45) is 0 Å². The molecule has 1 unspecified atom stereocenters. The van der Waals surface area contributed by atoms with Gasteiger partial charge in [-0.2, -0.15) is 0 Å². The number of hydrogen-bond donors (Lipinski definition) is 1. The molecule has 2 fully saturated rings. The SMILES string of the molecule is COC(=O)[C@]1(OC[C@H]2OC(OC(C)=O)[C@H](NC(C)=O)[C@@H](OCc3ccccc3)[C@@H]2OCc2ccccc2)O[C@H]([C@@H](COC(C)=O)OC(C)=O)[C@H](OC(C)=O)[C@H](OC(C)=O)[C@@H]1OC(C)=O. The molecule has 350 valence electrons. The molecule has 21 nitrogen and oxygen atoms in total. The summed E-state index contributed by atoms with van der Waals surface area (Å²) in [5.41, 5.74) is 1.39. The fourth-order valence-electron chi connectivity index (χ4n) is 7.09. The van der Waals surface area contributed by atoms with E-state index in [4.69, 9.17) is 56.8 Å². The molecule has 2 heterocycles. The summed E-state index contributed by atoms with van der Waals surface area (Å²) in [6.45, 7) is 5.53. The highest BCUT2D eigenvalue weighted by atomic mass is 16.8. The van der Waals surface area contributed by atoms with Gasteiger partial charge >= 0.3 is 47.6 Å². The normalized spacial score (nSPS) is 26.8. The first-order chi connectivity index (χ1) is 30.3. The lowest BCUT2D eigenvalue weighted by molar-refractivity contribution is -0.371. The summed E-state index contributed by atoms with van der Waals surface area (Å²) in [4.78, 5) is 102. The van der Waals surface area contributed by atoms with Gasteiger partial charge in [-0.25, -0.2) is 4.79 Å². The molecule has 0 bridgehead atoms. The highest BCUT2D eigenvalue weighted by Gasteiger charge is 2.68. The minimum absolute atomic E-state index is 0.0555. The third-order valence-corrected chi connectivity index (χ3v) is 9.46. The molecule has 64 heavy (non-hydrogen) atoms. The highest BCUT2D eigenvalue weighted by molar-refractivity contribution is 5.80. The van der Waals surface area contributed by atoms with E-state index < -0.39 is 128 Å². The summed E-state index contributed by atoms with van der Waals surface area (Å²) in [5.74, 6) is -10.8. The third kappa shape index (κ3) is 14.0. The number of benzene rings is 2. The molecular weight excluding hydrogens is 850 g/mol. The van der Waals surface area contributed by atoms with E-state index in [1.165, 1.54) is 6.92 Å². The minimum Gasteiger partial charge on any atom is -0.465 e. The van der Waals surface area contributed by atoms with Crippen LogP contribution >= 0.6 is 0 Å². The average molecular weight is 904 g/mol. The second-order valence-corrected chi connectivity index (χ2v) is 14.6. The smallest absolute Gasteiger partial charge is 0.370 e. The van der Waals surface area contributed by atoms with Crippen LogP contribution in [0.5, 0.6) is 0 Å². The van der Waals surface area contributed by atoms with E-state index >= 15 is 0 Å². The van der Waals surface area contributed by atoms with Crippen LogP contribution in [0.15, 0.2) is 60.7 Å². The molecule has 2 saturated heterocycles. The summed E-state index contributed by atoms with van der Waals surface area (Å²) < 4.78 is 70.1. The predicted molar refractivity (Wildman–Crippen MR) is 212 cm³/mol. The Balaban J connectivity index is 1.93. The Morgan fingerprint density at radius 2 is 1.17 bits per heavy atom. The van der Waals surface area contributed by atoms with Crippen LogP contribution in [0.4, 0.5) is 0 Å². The topological polar surface area (TPSA) is 259 Å². The summed E-state index contributed by atoms with van der Waals surface area (Å²) >= 11 is 0. The number of nitrogens with one attached hydrogen (secondary N) is 1. The van der Waals surface area contributed by atoms with Gasteiger partial charge < -0.3 is 62.2 Å². The molecule has 4 rings (SSSR count). The number of amides is 1. The Kier molecular flexibility index (Phi) is 18.7. The molecule has 11 atom stereocenters. The lowest BCUT2D eigenvalue weighted by Gasteiger charge is -2.51. The lowest BCUT2D eigenvalue weighted by Crippen LogP contribution is -2.74. The van der Waals surface area contributed by atoms with Crippen molar-refractivity contribution in [1.82, 2.24) is 5.32 Å². The van der Waals surface area contributed by atoms with E-state index in [0.29, 0.717) is 11.1 Å². The summed E-state index contributed by atoms with van der Waals surface area (Å²) in [5, 5.41) is 2.73. The number of hydrogen-bond acceptors (Lipinski definition) is 20. The van der Waals surface area contributed by atoms with Gasteiger partial charge in [-0.1, -0.05) is 60.7 Å². The van der Waals surface area contributed by atoms with Crippen molar-refractivity contribution >= 4 is 47.7 Å². The fraction of sp³-hybridized carbons (Fsp3) is 0.535. The first-order valence-corrected chi connectivity index (χ1v) is 20.0. The summed E-state index contributed by atoms with van der Waals surface area (Å²) in [6.07, 6.45) is -15.2. The molecule has 0 radical (unpaired) electrons. The van der Waals surface area contributed by atoms with E-state index in [9.17, 15) is 38.4 Å². The van der Waals surface area contributed by atoms with E-state index in [-0.39, 0.29) is 13.2 Å². The molecule has 21 heteroatoms. The number of esters is 7. The zero-order valence-corrected chi connectivity index (χ0v) is 36.5. The van der Waals surface area contributed by atoms with Gasteiger partial charge in [0.05, 0.1) is 26.9 Å². The van der Waals surface area contributed by atoms with E-state index in [1.807, 2.05) is 0 Å². The fourth-order valence-corrected chi connectivity index (χ4v) is 7.09. The zero-order valence-electron chi connectivity index (χ0n) is 36.5. The maximum atomic E-state index is 14.4. The highest BCUT2D eigenvalue weighted by Crippen LogP contribution is 2.41. The Morgan fingerprint density at radius 3 is 1.66 bits per heavy atom. The van der Waals surface area contributed by atoms with Gasteiger partial charge in [0.25, 0.3) is 0 Å². The standard InChI is InChI=1S/C43H53NO20/c1-23(45)44-34-37(56-20-31-17-13-10-14-18-31)35(55-19-30-15-11-9-12-16-30)33(63-41(34)62-29(7)51)22-57-43(42(52)53-8)40(61-28(6)50)39(60-27(5)49)38(59-26(4)48)36(64-43)32(58-25(3)47)21-54-24(2)46/h9-18,32-41H,19-22H2,1-8H3,(H,44,45)/t32-,33-,34-,35-,36-,37-,38+,39+,40+,41?,43-/m1/s1. The monoisotopic (exact) mass is 903 g/mol. The molecule has 1 amide bonds. The second-order valence-electron chi connectivity index (χ2n) is 14.6. The molecule has 2 aromatic rings. The van der Waals surface area contributed by atoms with Crippen LogP contribution < -0.4 is 5.32 Å². The Morgan fingerprint density at radius 1 is 0.641 bits per heavy atom. The van der Waals surface area contributed by atoms with Crippen molar-refractivity contribution in [2.45, 2.75) is 129 Å². The second kappa shape index (κ2) is 23.6. The zero-order chi connectivity index (χ0) is 47.1. The van der Waals surface area contributed by atoms with Crippen molar-refractivity contribution in [3.8, 4) is 0 Å². The Bertz CT molecular complexity index is 1950.